The van der Waals surface area contributed by atoms with Crippen LogP contribution < -0.4 is 4.90 Å². The number of aryl methyl sites for hydroxylation is 1. The Bertz CT molecular complexity index is 421. The monoisotopic (exact) mass is 258 g/mol. The van der Waals surface area contributed by atoms with Gasteiger partial charge in [-0.05, 0) is 26.1 Å². The minimum atomic E-state index is -4.29. The smallest absolute Gasteiger partial charge is 0.368 e. The van der Waals surface area contributed by atoms with E-state index in [4.69, 9.17) is 0 Å². The number of hydrogen-bond acceptors (Lipinski definition) is 2. The maximum Gasteiger partial charge on any atom is 0.418 e. The number of rotatable bonds is 1. The van der Waals surface area contributed by atoms with Crippen LogP contribution in [0.2, 0.25) is 0 Å². The fourth-order valence-corrected chi connectivity index (χ4v) is 2.20. The molecule has 5 heteroatoms. The highest BCUT2D eigenvalue weighted by molar-refractivity contribution is 5.56. The van der Waals surface area contributed by atoms with Gasteiger partial charge < -0.3 is 9.80 Å². The second kappa shape index (κ2) is 4.80. The van der Waals surface area contributed by atoms with Gasteiger partial charge in [-0.1, -0.05) is 11.6 Å². The first-order chi connectivity index (χ1) is 8.38. The molecule has 1 saturated heterocycles. The van der Waals surface area contributed by atoms with E-state index in [0.29, 0.717) is 24.3 Å². The van der Waals surface area contributed by atoms with Gasteiger partial charge in [0.1, 0.15) is 0 Å². The first-order valence-electron chi connectivity index (χ1n) is 5.99. The van der Waals surface area contributed by atoms with Crippen molar-refractivity contribution in [2.45, 2.75) is 13.1 Å². The molecule has 0 aliphatic carbocycles. The molecule has 1 aromatic carbocycles. The minimum absolute atomic E-state index is 0.307. The van der Waals surface area contributed by atoms with Gasteiger partial charge in [0.25, 0.3) is 0 Å². The molecule has 1 aliphatic rings. The third-order valence-electron chi connectivity index (χ3n) is 3.30. The second-order valence-electron chi connectivity index (χ2n) is 4.81. The van der Waals surface area contributed by atoms with E-state index >= 15 is 0 Å². The molecule has 0 atom stereocenters. The molecule has 0 spiro atoms. The van der Waals surface area contributed by atoms with E-state index in [0.717, 1.165) is 13.1 Å². The Morgan fingerprint density at radius 2 is 1.67 bits per heavy atom. The topological polar surface area (TPSA) is 6.48 Å². The third-order valence-corrected chi connectivity index (χ3v) is 3.30. The number of nitrogens with zero attached hydrogens (tertiary/aromatic N) is 2. The predicted molar refractivity (Wildman–Crippen MR) is 65.9 cm³/mol. The Balaban J connectivity index is 2.32. The summed E-state index contributed by atoms with van der Waals surface area (Å²) in [6, 6.07) is 4.56. The van der Waals surface area contributed by atoms with Crippen LogP contribution >= 0.6 is 0 Å². The molecule has 0 saturated carbocycles. The molecule has 0 unspecified atom stereocenters. The molecule has 100 valence electrons. The van der Waals surface area contributed by atoms with Gasteiger partial charge in [0.2, 0.25) is 0 Å². The number of likely N-dealkylation sites (N-methyl/N-ethyl adjacent to an activating group) is 1. The number of hydrogen-bond donors (Lipinski definition) is 0. The highest BCUT2D eigenvalue weighted by atomic mass is 19.4. The summed E-state index contributed by atoms with van der Waals surface area (Å²) in [6.45, 7) is 4.56. The van der Waals surface area contributed by atoms with E-state index in [1.165, 1.54) is 6.07 Å². The zero-order chi connectivity index (χ0) is 13.3. The van der Waals surface area contributed by atoms with Crippen molar-refractivity contribution in [1.82, 2.24) is 4.90 Å². The molecule has 1 fully saturated rings. The van der Waals surface area contributed by atoms with E-state index in [1.807, 2.05) is 11.9 Å². The van der Waals surface area contributed by atoms with Gasteiger partial charge in [-0.25, -0.2) is 0 Å². The number of alkyl halides is 3. The summed E-state index contributed by atoms with van der Waals surface area (Å²) in [6.07, 6.45) is -4.29. The van der Waals surface area contributed by atoms with Crippen LogP contribution in [-0.2, 0) is 6.18 Å². The van der Waals surface area contributed by atoms with Crippen molar-refractivity contribution in [2.75, 3.05) is 38.1 Å². The third kappa shape index (κ3) is 2.77. The van der Waals surface area contributed by atoms with Crippen LogP contribution in [0.25, 0.3) is 0 Å². The second-order valence-corrected chi connectivity index (χ2v) is 4.81. The fourth-order valence-electron chi connectivity index (χ4n) is 2.20. The predicted octanol–water partition coefficient (Wildman–Crippen LogP) is 2.77. The Morgan fingerprint density at radius 3 is 2.22 bits per heavy atom. The van der Waals surface area contributed by atoms with Crippen LogP contribution in [0.4, 0.5) is 18.9 Å². The van der Waals surface area contributed by atoms with Gasteiger partial charge in [-0.3, -0.25) is 0 Å². The standard InChI is InChI=1S/C13H17F3N2/c1-10-3-4-12(11(9-10)13(14,15)16)18-7-5-17(2)6-8-18/h3-4,9H,5-8H2,1-2H3. The van der Waals surface area contributed by atoms with Gasteiger partial charge in [0.05, 0.1) is 5.56 Å². The van der Waals surface area contributed by atoms with Gasteiger partial charge in [-0.15, -0.1) is 0 Å². The van der Waals surface area contributed by atoms with Crippen LogP contribution in [0.15, 0.2) is 18.2 Å². The van der Waals surface area contributed by atoms with Gasteiger partial charge in [0, 0.05) is 31.9 Å². The summed E-state index contributed by atoms with van der Waals surface area (Å²) in [5.74, 6) is 0. The van der Waals surface area contributed by atoms with E-state index in [9.17, 15) is 13.2 Å². The molecule has 0 radical (unpaired) electrons. The quantitative estimate of drug-likeness (QED) is 0.764. The number of halogens is 3. The van der Waals surface area contributed by atoms with Crippen molar-refractivity contribution in [2.24, 2.45) is 0 Å². The number of piperazine rings is 1. The van der Waals surface area contributed by atoms with E-state index < -0.39 is 11.7 Å². The average Bonchev–Trinajstić information content (AvgIpc) is 2.29. The molecule has 2 nitrogen and oxygen atoms in total. The molecule has 0 N–H and O–H groups in total. The molecule has 1 heterocycles. The lowest BCUT2D eigenvalue weighted by molar-refractivity contribution is -0.137. The fraction of sp³-hybridized carbons (Fsp3) is 0.538. The molecular weight excluding hydrogens is 241 g/mol. The van der Waals surface area contributed by atoms with Crippen molar-refractivity contribution >= 4 is 5.69 Å². The first-order valence-corrected chi connectivity index (χ1v) is 5.99. The maximum absolute atomic E-state index is 13.0. The normalized spacial score (nSPS) is 18.2. The Labute approximate surface area is 105 Å². The van der Waals surface area contributed by atoms with Crippen LogP contribution in [-0.4, -0.2) is 38.1 Å². The summed E-state index contributed by atoms with van der Waals surface area (Å²) in [4.78, 5) is 3.94. The summed E-state index contributed by atoms with van der Waals surface area (Å²) >= 11 is 0. The lowest BCUT2D eigenvalue weighted by Crippen LogP contribution is -2.45. The van der Waals surface area contributed by atoms with Crippen molar-refractivity contribution in [3.8, 4) is 0 Å². The number of anilines is 1. The van der Waals surface area contributed by atoms with E-state index in [-0.39, 0.29) is 0 Å². The zero-order valence-electron chi connectivity index (χ0n) is 10.6. The lowest BCUT2D eigenvalue weighted by atomic mass is 10.1. The van der Waals surface area contributed by atoms with Gasteiger partial charge in [0.15, 0.2) is 0 Å². The molecule has 1 aromatic rings. The summed E-state index contributed by atoms with van der Waals surface area (Å²) in [5.41, 5.74) is 0.424. The van der Waals surface area contributed by atoms with Crippen molar-refractivity contribution < 1.29 is 13.2 Å². The van der Waals surface area contributed by atoms with Crippen LogP contribution in [0.1, 0.15) is 11.1 Å². The van der Waals surface area contributed by atoms with Crippen molar-refractivity contribution in [3.63, 3.8) is 0 Å². The molecule has 2 rings (SSSR count). The minimum Gasteiger partial charge on any atom is -0.368 e. The Kier molecular flexibility index (Phi) is 3.52. The highest BCUT2D eigenvalue weighted by Gasteiger charge is 2.35. The highest BCUT2D eigenvalue weighted by Crippen LogP contribution is 2.37. The SMILES string of the molecule is Cc1ccc(N2CCN(C)CC2)c(C(F)(F)F)c1. The number of benzene rings is 1. The van der Waals surface area contributed by atoms with Gasteiger partial charge >= 0.3 is 6.18 Å². The molecule has 0 bridgehead atoms. The summed E-state index contributed by atoms with van der Waals surface area (Å²) in [5, 5.41) is 0. The van der Waals surface area contributed by atoms with Crippen molar-refractivity contribution in [3.05, 3.63) is 29.3 Å². The Morgan fingerprint density at radius 1 is 1.06 bits per heavy atom. The molecule has 18 heavy (non-hydrogen) atoms. The maximum atomic E-state index is 13.0. The van der Waals surface area contributed by atoms with E-state index in [1.54, 1.807) is 19.1 Å². The Hall–Kier alpha value is -1.23. The van der Waals surface area contributed by atoms with Crippen molar-refractivity contribution in [1.29, 1.82) is 0 Å². The lowest BCUT2D eigenvalue weighted by Gasteiger charge is -2.35. The molecule has 0 amide bonds. The summed E-state index contributed by atoms with van der Waals surface area (Å²) < 4.78 is 39.1. The molecular formula is C13H17F3N2. The first kappa shape index (κ1) is 13.2. The van der Waals surface area contributed by atoms with Gasteiger partial charge in [-0.2, -0.15) is 13.2 Å². The zero-order valence-corrected chi connectivity index (χ0v) is 10.6. The van der Waals surface area contributed by atoms with Crippen LogP contribution in [0.3, 0.4) is 0 Å². The largest absolute Gasteiger partial charge is 0.418 e. The van der Waals surface area contributed by atoms with Crippen LogP contribution in [0, 0.1) is 6.92 Å². The molecule has 0 aromatic heterocycles. The average molecular weight is 258 g/mol. The van der Waals surface area contributed by atoms with Crippen LogP contribution in [0.5, 0.6) is 0 Å². The van der Waals surface area contributed by atoms with E-state index in [2.05, 4.69) is 4.90 Å². The summed E-state index contributed by atoms with van der Waals surface area (Å²) in [7, 11) is 1.98. The molecule has 1 aliphatic heterocycles.